The van der Waals surface area contributed by atoms with Crippen molar-refractivity contribution in [2.24, 2.45) is 28.6 Å². The van der Waals surface area contributed by atoms with Crippen molar-refractivity contribution in [2.45, 2.75) is 65.1 Å². The van der Waals surface area contributed by atoms with Crippen LogP contribution in [0.25, 0.3) is 0 Å². The van der Waals surface area contributed by atoms with Gasteiger partial charge in [0.25, 0.3) is 0 Å². The fourth-order valence-corrected chi connectivity index (χ4v) is 7.11. The molecule has 5 rings (SSSR count). The summed E-state index contributed by atoms with van der Waals surface area (Å²) in [7, 11) is 0. The third kappa shape index (κ3) is 1.97. The molecule has 3 nitrogen and oxygen atoms in total. The lowest BCUT2D eigenvalue weighted by molar-refractivity contribution is -0.132. The molecule has 136 valence electrons. The zero-order valence-electron chi connectivity index (χ0n) is 15.8. The summed E-state index contributed by atoms with van der Waals surface area (Å²) in [5, 5.41) is 0. The SMILES string of the molecule is CC1=CC2(C=C3CC[C@@H]4[C@H](CC[C@]5(C)C(=O)CC[C@@H]45)[C@@]13C)OCCO2. The fraction of sp³-hybridized carbons (Fsp3) is 0.773. The predicted octanol–water partition coefficient (Wildman–Crippen LogP) is 4.43. The van der Waals surface area contributed by atoms with Gasteiger partial charge in [0.05, 0.1) is 13.2 Å². The Bertz CT molecular complexity index is 683. The molecule has 1 spiro atoms. The predicted molar refractivity (Wildman–Crippen MR) is 95.9 cm³/mol. The van der Waals surface area contributed by atoms with Crippen LogP contribution in [0.2, 0.25) is 0 Å². The van der Waals surface area contributed by atoms with Crippen LogP contribution in [0.15, 0.2) is 23.3 Å². The molecule has 0 bridgehead atoms. The van der Waals surface area contributed by atoms with Crippen LogP contribution >= 0.6 is 0 Å². The summed E-state index contributed by atoms with van der Waals surface area (Å²) in [6.45, 7) is 8.34. The van der Waals surface area contributed by atoms with Gasteiger partial charge in [-0.2, -0.15) is 0 Å². The highest BCUT2D eigenvalue weighted by atomic mass is 16.7. The third-order valence-electron chi connectivity index (χ3n) is 8.65. The van der Waals surface area contributed by atoms with Gasteiger partial charge in [0.2, 0.25) is 5.79 Å². The summed E-state index contributed by atoms with van der Waals surface area (Å²) in [6.07, 6.45) is 11.1. The highest BCUT2D eigenvalue weighted by Gasteiger charge is 2.60. The molecule has 25 heavy (non-hydrogen) atoms. The van der Waals surface area contributed by atoms with Gasteiger partial charge in [-0.3, -0.25) is 4.79 Å². The smallest absolute Gasteiger partial charge is 0.208 e. The van der Waals surface area contributed by atoms with Crippen LogP contribution in [0.5, 0.6) is 0 Å². The van der Waals surface area contributed by atoms with Crippen LogP contribution in [0.4, 0.5) is 0 Å². The van der Waals surface area contributed by atoms with Crippen molar-refractivity contribution in [2.75, 3.05) is 13.2 Å². The Morgan fingerprint density at radius 1 is 1.00 bits per heavy atom. The molecular weight excluding hydrogens is 312 g/mol. The first-order valence-electron chi connectivity index (χ1n) is 10.1. The maximum absolute atomic E-state index is 12.5. The lowest BCUT2D eigenvalue weighted by Crippen LogP contribution is -2.51. The number of carbonyl (C=O) groups is 1. The topological polar surface area (TPSA) is 35.5 Å². The van der Waals surface area contributed by atoms with Crippen molar-refractivity contribution >= 4 is 5.78 Å². The van der Waals surface area contributed by atoms with Crippen molar-refractivity contribution in [3.05, 3.63) is 23.3 Å². The van der Waals surface area contributed by atoms with Crippen LogP contribution in [-0.2, 0) is 14.3 Å². The first-order valence-corrected chi connectivity index (χ1v) is 10.1. The Balaban J connectivity index is 1.53. The van der Waals surface area contributed by atoms with E-state index in [2.05, 4.69) is 32.9 Å². The van der Waals surface area contributed by atoms with Gasteiger partial charge in [-0.05, 0) is 68.9 Å². The van der Waals surface area contributed by atoms with Crippen LogP contribution in [0, 0.1) is 28.6 Å². The molecular formula is C22H30O3. The molecule has 0 radical (unpaired) electrons. The molecule has 0 aromatic rings. The molecule has 5 atom stereocenters. The van der Waals surface area contributed by atoms with Gasteiger partial charge >= 0.3 is 0 Å². The molecule has 5 aliphatic rings. The second kappa shape index (κ2) is 5.07. The third-order valence-corrected chi connectivity index (χ3v) is 8.65. The molecule has 0 unspecified atom stereocenters. The van der Waals surface area contributed by atoms with E-state index in [-0.39, 0.29) is 10.8 Å². The number of ketones is 1. The Kier molecular flexibility index (Phi) is 3.30. The summed E-state index contributed by atoms with van der Waals surface area (Å²) in [5.41, 5.74) is 3.01. The minimum atomic E-state index is -0.599. The van der Waals surface area contributed by atoms with Gasteiger partial charge in [0.1, 0.15) is 5.78 Å². The first-order chi connectivity index (χ1) is 11.9. The van der Waals surface area contributed by atoms with Crippen molar-refractivity contribution in [3.8, 4) is 0 Å². The van der Waals surface area contributed by atoms with Crippen LogP contribution in [0.1, 0.15) is 59.3 Å². The molecule has 0 aromatic heterocycles. The molecule has 3 heteroatoms. The average molecular weight is 342 g/mol. The maximum Gasteiger partial charge on any atom is 0.208 e. The van der Waals surface area contributed by atoms with Crippen molar-refractivity contribution in [1.29, 1.82) is 0 Å². The number of allylic oxidation sites excluding steroid dienone is 2. The number of ether oxygens (including phenoxy) is 2. The molecule has 4 aliphatic carbocycles. The zero-order chi connectivity index (χ0) is 17.4. The molecule has 1 aliphatic heterocycles. The van der Waals surface area contributed by atoms with Gasteiger partial charge in [0.15, 0.2) is 0 Å². The number of hydrogen-bond donors (Lipinski definition) is 0. The van der Waals surface area contributed by atoms with E-state index in [4.69, 9.17) is 9.47 Å². The number of fused-ring (bicyclic) bond motifs is 5. The van der Waals surface area contributed by atoms with E-state index in [1.165, 1.54) is 24.0 Å². The molecule has 4 fully saturated rings. The monoisotopic (exact) mass is 342 g/mol. The summed E-state index contributed by atoms with van der Waals surface area (Å²) >= 11 is 0. The summed E-state index contributed by atoms with van der Waals surface area (Å²) in [6, 6.07) is 0. The molecule has 3 saturated carbocycles. The molecule has 0 N–H and O–H groups in total. The summed E-state index contributed by atoms with van der Waals surface area (Å²) in [5.74, 6) is 1.88. The quantitative estimate of drug-likeness (QED) is 0.611. The fourth-order valence-electron chi connectivity index (χ4n) is 7.11. The Hall–Kier alpha value is -0.930. The molecule has 1 heterocycles. The largest absolute Gasteiger partial charge is 0.341 e. The van der Waals surface area contributed by atoms with Gasteiger partial charge in [-0.15, -0.1) is 0 Å². The van der Waals surface area contributed by atoms with E-state index in [1.807, 2.05) is 0 Å². The summed E-state index contributed by atoms with van der Waals surface area (Å²) in [4.78, 5) is 12.5. The average Bonchev–Trinajstić information content (AvgIpc) is 3.14. The van der Waals surface area contributed by atoms with Crippen LogP contribution in [-0.4, -0.2) is 24.8 Å². The van der Waals surface area contributed by atoms with E-state index in [0.717, 1.165) is 25.7 Å². The highest BCUT2D eigenvalue weighted by Crippen LogP contribution is 2.65. The van der Waals surface area contributed by atoms with Gasteiger partial charge in [0, 0.05) is 17.3 Å². The number of rotatable bonds is 0. The zero-order valence-corrected chi connectivity index (χ0v) is 15.8. The molecule has 1 saturated heterocycles. The number of carbonyl (C=O) groups excluding carboxylic acids is 1. The van der Waals surface area contributed by atoms with Gasteiger partial charge in [-0.25, -0.2) is 0 Å². The van der Waals surface area contributed by atoms with Crippen LogP contribution < -0.4 is 0 Å². The van der Waals surface area contributed by atoms with E-state index >= 15 is 0 Å². The number of Topliss-reactive ketones (excluding diaryl/α,β-unsaturated/α-hetero) is 1. The Labute approximate surface area is 150 Å². The van der Waals surface area contributed by atoms with Crippen LogP contribution in [0.3, 0.4) is 0 Å². The minimum absolute atomic E-state index is 0.0378. The standard InChI is InChI=1S/C22H30O3/c1-14-12-22(24-10-11-25-22)13-15-4-5-16-17-6-7-19(23)20(17,2)9-8-18(16)21(14,15)3/h12-13,16-18H,4-11H2,1-3H3/t16-,17-,18-,20-,21-/m0/s1. The highest BCUT2D eigenvalue weighted by molar-refractivity contribution is 5.87. The van der Waals surface area contributed by atoms with Gasteiger partial charge in [-0.1, -0.05) is 25.0 Å². The molecule has 0 amide bonds. The number of hydrogen-bond acceptors (Lipinski definition) is 3. The Morgan fingerprint density at radius 3 is 2.52 bits per heavy atom. The van der Waals surface area contributed by atoms with Crippen molar-refractivity contribution < 1.29 is 14.3 Å². The summed E-state index contributed by atoms with van der Waals surface area (Å²) < 4.78 is 11.9. The van der Waals surface area contributed by atoms with E-state index in [0.29, 0.717) is 36.8 Å². The minimum Gasteiger partial charge on any atom is -0.341 e. The van der Waals surface area contributed by atoms with E-state index in [9.17, 15) is 4.79 Å². The molecule has 0 aromatic carbocycles. The van der Waals surface area contributed by atoms with Gasteiger partial charge < -0.3 is 9.47 Å². The van der Waals surface area contributed by atoms with E-state index in [1.54, 1.807) is 0 Å². The second-order valence-corrected chi connectivity index (χ2v) is 9.45. The van der Waals surface area contributed by atoms with Crippen molar-refractivity contribution in [1.82, 2.24) is 0 Å². The Morgan fingerprint density at radius 2 is 1.76 bits per heavy atom. The second-order valence-electron chi connectivity index (χ2n) is 9.45. The van der Waals surface area contributed by atoms with Crippen molar-refractivity contribution in [3.63, 3.8) is 0 Å². The first kappa shape index (κ1) is 16.3. The normalized spacial score (nSPS) is 47.8. The lowest BCUT2D eigenvalue weighted by Gasteiger charge is -2.57. The lowest BCUT2D eigenvalue weighted by atomic mass is 9.47. The van der Waals surface area contributed by atoms with E-state index < -0.39 is 5.79 Å². The maximum atomic E-state index is 12.5.